The third kappa shape index (κ3) is 8.89. The van der Waals surface area contributed by atoms with Crippen LogP contribution in [0, 0.1) is 0 Å². The Hall–Kier alpha value is -3.58. The Morgan fingerprint density at radius 1 is 1.03 bits per heavy atom. The van der Waals surface area contributed by atoms with Crippen LogP contribution in [0.3, 0.4) is 0 Å². The summed E-state index contributed by atoms with van der Waals surface area (Å²) in [5.74, 6) is -3.93. The molecule has 3 amide bonds. The van der Waals surface area contributed by atoms with Crippen molar-refractivity contribution in [1.29, 1.82) is 0 Å². The Kier molecular flexibility index (Phi) is 11.2. The maximum Gasteiger partial charge on any atom is 0.326 e. The lowest BCUT2D eigenvalue weighted by Crippen LogP contribution is -2.54. The van der Waals surface area contributed by atoms with Gasteiger partial charge in [0.25, 0.3) is 0 Å². The highest BCUT2D eigenvalue weighted by Crippen LogP contribution is 2.19. The van der Waals surface area contributed by atoms with Gasteiger partial charge in [0.2, 0.25) is 17.7 Å². The van der Waals surface area contributed by atoms with Gasteiger partial charge in [0, 0.05) is 29.9 Å². The third-order valence-corrected chi connectivity index (χ3v) is 6.05. The van der Waals surface area contributed by atoms with Crippen LogP contribution in [-0.2, 0) is 30.4 Å². The van der Waals surface area contributed by atoms with Crippen LogP contribution in [0.1, 0.15) is 24.8 Å². The number of nitrogens with one attached hydrogen (secondary N) is 4. The van der Waals surface area contributed by atoms with Gasteiger partial charge in [-0.15, -0.1) is 0 Å². The van der Waals surface area contributed by atoms with Gasteiger partial charge in [-0.3, -0.25) is 19.2 Å². The van der Waals surface area contributed by atoms with Gasteiger partial charge in [0.1, 0.15) is 12.1 Å². The molecule has 0 aliphatic carbocycles. The highest BCUT2D eigenvalue weighted by atomic mass is 32.2. The first-order valence-corrected chi connectivity index (χ1v) is 12.6. The van der Waals surface area contributed by atoms with Crippen molar-refractivity contribution in [2.24, 2.45) is 5.73 Å². The van der Waals surface area contributed by atoms with Crippen molar-refractivity contribution < 1.29 is 34.2 Å². The molecule has 2 aromatic rings. The maximum atomic E-state index is 12.9. The molecule has 0 saturated heterocycles. The average molecular weight is 522 g/mol. The van der Waals surface area contributed by atoms with E-state index >= 15 is 0 Å². The predicted octanol–water partition coefficient (Wildman–Crippen LogP) is -0.174. The molecule has 2 rings (SSSR count). The smallest absolute Gasteiger partial charge is 0.326 e. The van der Waals surface area contributed by atoms with E-state index in [9.17, 15) is 29.1 Å². The van der Waals surface area contributed by atoms with Crippen LogP contribution in [0.4, 0.5) is 0 Å². The zero-order valence-electron chi connectivity index (χ0n) is 19.8. The molecule has 1 aromatic carbocycles. The lowest BCUT2D eigenvalue weighted by Gasteiger charge is -2.21. The van der Waals surface area contributed by atoms with E-state index in [1.807, 2.05) is 24.5 Å². The van der Waals surface area contributed by atoms with Crippen molar-refractivity contribution in [2.75, 3.05) is 18.6 Å². The van der Waals surface area contributed by atoms with Gasteiger partial charge < -0.3 is 36.9 Å². The summed E-state index contributed by atoms with van der Waals surface area (Å²) in [7, 11) is 0. The van der Waals surface area contributed by atoms with Crippen molar-refractivity contribution in [3.63, 3.8) is 0 Å². The number of para-hydroxylation sites is 1. The van der Waals surface area contributed by atoms with Crippen molar-refractivity contribution in [3.05, 3.63) is 36.0 Å². The lowest BCUT2D eigenvalue weighted by atomic mass is 10.0. The second-order valence-electron chi connectivity index (χ2n) is 8.12. The Labute approximate surface area is 211 Å². The van der Waals surface area contributed by atoms with Gasteiger partial charge in [-0.1, -0.05) is 18.2 Å². The Bertz CT molecular complexity index is 1090. The first-order chi connectivity index (χ1) is 17.1. The number of carbonyl (C=O) groups excluding carboxylic acids is 3. The number of hydrogen-bond acceptors (Lipinski definition) is 7. The monoisotopic (exact) mass is 521 g/mol. The number of rotatable bonds is 15. The van der Waals surface area contributed by atoms with E-state index in [1.165, 1.54) is 11.8 Å². The largest absolute Gasteiger partial charge is 0.481 e. The molecule has 0 aliphatic heterocycles. The predicted molar refractivity (Wildman–Crippen MR) is 134 cm³/mol. The van der Waals surface area contributed by atoms with Crippen molar-refractivity contribution in [2.45, 2.75) is 43.8 Å². The number of H-pyrrole nitrogens is 1. The molecule has 8 N–H and O–H groups in total. The number of fused-ring (bicyclic) bond motifs is 1. The standard InChI is InChI=1S/C23H31N5O7S/c1-36-9-8-15(24)21(32)26-12-19(29)27-17(6-7-20(30)31)22(33)28-18(23(34)35)10-13-11-25-16-5-3-2-4-14(13)16/h2-5,11,15,17-18,25H,6-10,12,24H2,1H3,(H,26,32)(H,27,29)(H,28,33)(H,30,31)(H,34,35). The summed E-state index contributed by atoms with van der Waals surface area (Å²) in [4.78, 5) is 63.1. The number of aromatic amines is 1. The zero-order chi connectivity index (χ0) is 26.7. The Morgan fingerprint density at radius 3 is 2.42 bits per heavy atom. The SMILES string of the molecule is CSCCC(N)C(=O)NCC(=O)NC(CCC(=O)O)C(=O)NC(Cc1c[nH]c2ccccc12)C(=O)O. The fraction of sp³-hybridized carbons (Fsp3) is 0.435. The highest BCUT2D eigenvalue weighted by Gasteiger charge is 2.28. The van der Waals surface area contributed by atoms with Crippen molar-refractivity contribution in [3.8, 4) is 0 Å². The normalized spacial score (nSPS) is 13.4. The van der Waals surface area contributed by atoms with Crippen LogP contribution >= 0.6 is 11.8 Å². The first-order valence-electron chi connectivity index (χ1n) is 11.2. The Morgan fingerprint density at radius 2 is 1.75 bits per heavy atom. The summed E-state index contributed by atoms with van der Waals surface area (Å²) in [5, 5.41) is 26.6. The number of carboxylic acid groups (broad SMARTS) is 2. The van der Waals surface area contributed by atoms with Crippen LogP contribution in [0.25, 0.3) is 10.9 Å². The third-order valence-electron chi connectivity index (χ3n) is 5.41. The minimum absolute atomic E-state index is 0.0331. The number of amides is 3. The summed E-state index contributed by atoms with van der Waals surface area (Å²) in [6, 6.07) is 3.85. The summed E-state index contributed by atoms with van der Waals surface area (Å²) < 4.78 is 0. The summed E-state index contributed by atoms with van der Waals surface area (Å²) in [5.41, 5.74) is 7.23. The number of carboxylic acids is 2. The van der Waals surface area contributed by atoms with Crippen LogP contribution in [-0.4, -0.2) is 81.5 Å². The second kappa shape index (κ2) is 14.1. The lowest BCUT2D eigenvalue weighted by molar-refractivity contribution is -0.143. The molecule has 1 heterocycles. The second-order valence-corrected chi connectivity index (χ2v) is 9.11. The average Bonchev–Trinajstić information content (AvgIpc) is 3.25. The molecule has 0 spiro atoms. The summed E-state index contributed by atoms with van der Waals surface area (Å²) in [6.45, 7) is -0.472. The highest BCUT2D eigenvalue weighted by molar-refractivity contribution is 7.98. The number of nitrogens with two attached hydrogens (primary N) is 1. The topological polar surface area (TPSA) is 204 Å². The van der Waals surface area contributed by atoms with E-state index < -0.39 is 60.8 Å². The molecule has 3 atom stereocenters. The molecule has 0 saturated carbocycles. The van der Waals surface area contributed by atoms with E-state index in [-0.39, 0.29) is 12.8 Å². The Balaban J connectivity index is 2.03. The molecular formula is C23H31N5O7S. The van der Waals surface area contributed by atoms with Crippen LogP contribution in [0.15, 0.2) is 30.5 Å². The minimum Gasteiger partial charge on any atom is -0.481 e. The molecule has 0 bridgehead atoms. The van der Waals surface area contributed by atoms with Crippen LogP contribution < -0.4 is 21.7 Å². The number of hydrogen-bond donors (Lipinski definition) is 7. The van der Waals surface area contributed by atoms with Crippen molar-refractivity contribution in [1.82, 2.24) is 20.9 Å². The molecule has 12 nitrogen and oxygen atoms in total. The molecule has 3 unspecified atom stereocenters. The van der Waals surface area contributed by atoms with E-state index in [2.05, 4.69) is 20.9 Å². The van der Waals surface area contributed by atoms with Gasteiger partial charge in [-0.2, -0.15) is 11.8 Å². The molecular weight excluding hydrogens is 490 g/mol. The van der Waals surface area contributed by atoms with Crippen LogP contribution in [0.5, 0.6) is 0 Å². The van der Waals surface area contributed by atoms with Gasteiger partial charge >= 0.3 is 11.9 Å². The van der Waals surface area contributed by atoms with E-state index in [4.69, 9.17) is 10.8 Å². The maximum absolute atomic E-state index is 12.9. The summed E-state index contributed by atoms with van der Waals surface area (Å²) in [6.07, 6.45) is 3.21. The minimum atomic E-state index is -1.32. The van der Waals surface area contributed by atoms with Crippen molar-refractivity contribution >= 4 is 52.3 Å². The molecule has 36 heavy (non-hydrogen) atoms. The molecule has 0 fully saturated rings. The molecule has 13 heteroatoms. The van der Waals surface area contributed by atoms with Gasteiger partial charge in [0.05, 0.1) is 12.6 Å². The number of carbonyl (C=O) groups is 5. The van der Waals surface area contributed by atoms with Gasteiger partial charge in [0.15, 0.2) is 0 Å². The van der Waals surface area contributed by atoms with Gasteiger partial charge in [-0.25, -0.2) is 4.79 Å². The van der Waals surface area contributed by atoms with Crippen LogP contribution in [0.2, 0.25) is 0 Å². The number of benzene rings is 1. The molecule has 1 aromatic heterocycles. The van der Waals surface area contributed by atoms with E-state index in [1.54, 1.807) is 12.3 Å². The first kappa shape index (κ1) is 28.7. The van der Waals surface area contributed by atoms with E-state index in [0.717, 1.165) is 10.9 Å². The summed E-state index contributed by atoms with van der Waals surface area (Å²) >= 11 is 1.52. The van der Waals surface area contributed by atoms with E-state index in [0.29, 0.717) is 17.7 Å². The fourth-order valence-electron chi connectivity index (χ4n) is 3.45. The number of aromatic nitrogens is 1. The molecule has 0 radical (unpaired) electrons. The molecule has 196 valence electrons. The quantitative estimate of drug-likeness (QED) is 0.166. The fourth-order valence-corrected chi connectivity index (χ4v) is 3.94. The van der Waals surface area contributed by atoms with Gasteiger partial charge in [-0.05, 0) is 36.5 Å². The number of aliphatic carboxylic acids is 2. The number of thioether (sulfide) groups is 1. The zero-order valence-corrected chi connectivity index (χ0v) is 20.6. The molecule has 0 aliphatic rings.